The summed E-state index contributed by atoms with van der Waals surface area (Å²) < 4.78 is 0. The molecule has 0 amide bonds. The second kappa shape index (κ2) is 11.5. The van der Waals surface area contributed by atoms with Crippen molar-refractivity contribution in [2.75, 3.05) is 13.1 Å². The van der Waals surface area contributed by atoms with Crippen molar-refractivity contribution < 1.29 is 17.1 Å². The van der Waals surface area contributed by atoms with E-state index in [-0.39, 0.29) is 17.1 Å². The van der Waals surface area contributed by atoms with Gasteiger partial charge in [-0.15, -0.1) is 11.4 Å². The molecule has 0 N–H and O–H groups in total. The zero-order chi connectivity index (χ0) is 13.1. The molecule has 0 fully saturated rings. The fourth-order valence-electron chi connectivity index (χ4n) is 1.15. The Morgan fingerprint density at radius 3 is 1.58 bits per heavy atom. The first-order valence-electron chi connectivity index (χ1n) is 6.01. The molecule has 0 saturated carbocycles. The summed E-state index contributed by atoms with van der Waals surface area (Å²) in [5.74, 6) is 0. The van der Waals surface area contributed by atoms with Gasteiger partial charge in [-0.2, -0.15) is 12.4 Å². The molecule has 0 spiro atoms. The minimum absolute atomic E-state index is 0. The molecule has 0 aliphatic rings. The van der Waals surface area contributed by atoms with Crippen molar-refractivity contribution in [3.63, 3.8) is 0 Å². The van der Waals surface area contributed by atoms with Gasteiger partial charge < -0.3 is 9.97 Å². The number of aliphatic imine (C=N–C) groups is 2. The number of nitrogens with zero attached hydrogens (tertiary/aromatic N) is 4. The van der Waals surface area contributed by atoms with E-state index in [1.165, 1.54) is 0 Å². The van der Waals surface area contributed by atoms with Gasteiger partial charge in [0.25, 0.3) is 0 Å². The van der Waals surface area contributed by atoms with Crippen molar-refractivity contribution in [1.82, 2.24) is 9.97 Å². The smallest absolute Gasteiger partial charge is 0.663 e. The first-order valence-corrected chi connectivity index (χ1v) is 6.01. The maximum absolute atomic E-state index is 4.03. The summed E-state index contributed by atoms with van der Waals surface area (Å²) >= 11 is 0. The van der Waals surface area contributed by atoms with E-state index in [1.54, 1.807) is 24.8 Å². The molecule has 1 radical (unpaired) electrons. The van der Waals surface area contributed by atoms with Crippen LogP contribution in [0.15, 0.2) is 46.6 Å². The number of hydrogen-bond donors (Lipinski definition) is 0. The van der Waals surface area contributed by atoms with Crippen LogP contribution in [0, 0.1) is 0 Å². The second-order valence-electron chi connectivity index (χ2n) is 3.38. The van der Waals surface area contributed by atoms with Crippen molar-refractivity contribution in [2.24, 2.45) is 9.98 Å². The van der Waals surface area contributed by atoms with Gasteiger partial charge in [0, 0.05) is 25.5 Å². The molecule has 2 rings (SSSR count). The van der Waals surface area contributed by atoms with Crippen molar-refractivity contribution in [3.8, 4) is 0 Å². The van der Waals surface area contributed by atoms with Crippen LogP contribution in [0.25, 0.3) is 0 Å². The predicted octanol–water partition coefficient (Wildman–Crippen LogP) is 2.16. The molecule has 0 saturated heterocycles. The summed E-state index contributed by atoms with van der Waals surface area (Å²) in [6.45, 7) is 5.65. The average molecular weight is 297 g/mol. The van der Waals surface area contributed by atoms with Crippen LogP contribution < -0.4 is 9.97 Å². The maximum atomic E-state index is 4.03. The van der Waals surface area contributed by atoms with Crippen LogP contribution in [-0.2, 0) is 17.1 Å². The molecule has 4 nitrogen and oxygen atoms in total. The van der Waals surface area contributed by atoms with Crippen LogP contribution in [0.4, 0.5) is 0 Å². The summed E-state index contributed by atoms with van der Waals surface area (Å²) in [6.07, 6.45) is 7.08. The van der Waals surface area contributed by atoms with Gasteiger partial charge >= 0.3 is 17.1 Å². The van der Waals surface area contributed by atoms with E-state index in [2.05, 4.69) is 20.0 Å². The Morgan fingerprint density at radius 2 is 1.32 bits per heavy atom. The predicted molar refractivity (Wildman–Crippen MR) is 75.8 cm³/mol. The summed E-state index contributed by atoms with van der Waals surface area (Å²) in [7, 11) is 0. The van der Waals surface area contributed by atoms with E-state index in [4.69, 9.17) is 0 Å². The van der Waals surface area contributed by atoms with Gasteiger partial charge in [0.1, 0.15) is 0 Å². The molecule has 101 valence electrons. The third kappa shape index (κ3) is 8.19. The number of aromatic nitrogens is 2. The minimum atomic E-state index is 0. The zero-order valence-electron chi connectivity index (χ0n) is 11.2. The van der Waals surface area contributed by atoms with Crippen LogP contribution in [0.3, 0.4) is 0 Å². The summed E-state index contributed by atoms with van der Waals surface area (Å²) in [6, 6.07) is 7.66. The quantitative estimate of drug-likeness (QED) is 0.641. The Morgan fingerprint density at radius 1 is 0.895 bits per heavy atom. The van der Waals surface area contributed by atoms with Crippen molar-refractivity contribution in [2.45, 2.75) is 13.8 Å². The molecule has 0 unspecified atom stereocenters. The van der Waals surface area contributed by atoms with E-state index in [9.17, 15) is 0 Å². The van der Waals surface area contributed by atoms with Crippen LogP contribution in [0.5, 0.6) is 0 Å². The number of hydrogen-bond acceptors (Lipinski definition) is 2. The summed E-state index contributed by atoms with van der Waals surface area (Å²) in [5.41, 5.74) is 1.88. The molecular formula is C14H18MnN4. The summed E-state index contributed by atoms with van der Waals surface area (Å²) in [4.78, 5) is 16.1. The zero-order valence-corrected chi connectivity index (χ0v) is 12.4. The largest absolute Gasteiger partial charge is 2.00 e. The van der Waals surface area contributed by atoms with Gasteiger partial charge in [-0.1, -0.05) is 24.3 Å². The molecule has 19 heavy (non-hydrogen) atoms. The van der Waals surface area contributed by atoms with E-state index in [1.807, 2.05) is 38.1 Å². The van der Waals surface area contributed by atoms with Gasteiger partial charge in [0.2, 0.25) is 0 Å². The van der Waals surface area contributed by atoms with Gasteiger partial charge in [-0.05, 0) is 13.8 Å². The van der Waals surface area contributed by atoms with Gasteiger partial charge in [-0.3, -0.25) is 9.98 Å². The van der Waals surface area contributed by atoms with Gasteiger partial charge in [-0.25, -0.2) is 0 Å². The van der Waals surface area contributed by atoms with Crippen LogP contribution in [0.1, 0.15) is 25.2 Å². The molecular weight excluding hydrogens is 279 g/mol. The monoisotopic (exact) mass is 297 g/mol. The minimum Gasteiger partial charge on any atom is -0.663 e. The van der Waals surface area contributed by atoms with E-state index in [0.717, 1.165) is 24.5 Å². The van der Waals surface area contributed by atoms with E-state index in [0.29, 0.717) is 0 Å². The molecule has 5 heteroatoms. The van der Waals surface area contributed by atoms with E-state index >= 15 is 0 Å². The maximum Gasteiger partial charge on any atom is 2.00 e. The third-order valence-electron chi connectivity index (χ3n) is 1.97. The topological polar surface area (TPSA) is 52.9 Å². The van der Waals surface area contributed by atoms with Crippen molar-refractivity contribution >= 4 is 12.4 Å². The first kappa shape index (κ1) is 17.4. The summed E-state index contributed by atoms with van der Waals surface area (Å²) in [5, 5.41) is 0. The Balaban J connectivity index is 0.000000324. The molecule has 0 bridgehead atoms. The molecule has 0 aromatic carbocycles. The molecule has 0 aliphatic carbocycles. The molecule has 0 aliphatic heterocycles. The van der Waals surface area contributed by atoms with Crippen LogP contribution >= 0.6 is 0 Å². The normalized spacial score (nSPS) is 10.2. The van der Waals surface area contributed by atoms with E-state index < -0.39 is 0 Å². The van der Waals surface area contributed by atoms with Crippen LogP contribution in [-0.4, -0.2) is 25.5 Å². The van der Waals surface area contributed by atoms with Gasteiger partial charge in [0.05, 0.1) is 0 Å². The molecule has 2 aromatic rings. The number of rotatable bonds is 4. The Kier molecular flexibility index (Phi) is 10.5. The second-order valence-corrected chi connectivity index (χ2v) is 3.38. The molecule has 2 heterocycles. The van der Waals surface area contributed by atoms with Crippen molar-refractivity contribution in [1.29, 1.82) is 0 Å². The Labute approximate surface area is 124 Å². The third-order valence-corrected chi connectivity index (χ3v) is 1.97. The Hall–Kier alpha value is -1.58. The van der Waals surface area contributed by atoms with Gasteiger partial charge in [0.15, 0.2) is 0 Å². The average Bonchev–Trinajstić information content (AvgIpc) is 3.07. The van der Waals surface area contributed by atoms with Crippen molar-refractivity contribution in [3.05, 3.63) is 48.0 Å². The first-order chi connectivity index (χ1) is 8.86. The fourth-order valence-corrected chi connectivity index (χ4v) is 1.15. The molecule has 2 aromatic heterocycles. The fraction of sp³-hybridized carbons (Fsp3) is 0.286. The van der Waals surface area contributed by atoms with Crippen LogP contribution in [0.2, 0.25) is 0 Å². The Bertz CT molecular complexity index is 400. The standard InChI is InChI=1S/2C7H9N2.Mn/c2*1-2-8-6-7-4-3-5-9-7;/h2*3-6H,2H2,1H3;/q2*-1;+2. The SMILES string of the molecule is CCN=Cc1ccc[n-]1.CCN=Cc1ccc[n-]1.[Mn+2]. The molecule has 0 atom stereocenters.